The van der Waals surface area contributed by atoms with Crippen LogP contribution in [0.4, 0.5) is 0 Å². The van der Waals surface area contributed by atoms with Crippen LogP contribution in [0.3, 0.4) is 0 Å². The maximum absolute atomic E-state index is 11.8. The van der Waals surface area contributed by atoms with Crippen LogP contribution in [-0.4, -0.2) is 34.4 Å². The third-order valence-corrected chi connectivity index (χ3v) is 2.14. The highest BCUT2D eigenvalue weighted by Gasteiger charge is 2.17. The summed E-state index contributed by atoms with van der Waals surface area (Å²) in [7, 11) is 1.76. The molecule has 0 N–H and O–H groups in total. The lowest BCUT2D eigenvalue weighted by Gasteiger charge is -2.17. The van der Waals surface area contributed by atoms with Crippen molar-refractivity contribution in [2.24, 2.45) is 0 Å². The van der Waals surface area contributed by atoms with Crippen LogP contribution in [0.15, 0.2) is 10.7 Å². The molecule has 14 heavy (non-hydrogen) atoms. The normalized spacial score (nSPS) is 12.6. The number of amides is 1. The number of nitrogens with zero attached hydrogens (tertiary/aromatic N) is 2. The number of carbonyl (C=O) groups excluding carboxylic acids is 1. The number of aryl methyl sites for hydroxylation is 1. The summed E-state index contributed by atoms with van der Waals surface area (Å²) in [5.41, 5.74) is 0.528. The molecule has 0 saturated heterocycles. The fraction of sp³-hybridized carbons (Fsp3) is 0.556. The number of hydrogen-bond acceptors (Lipinski definition) is 3. The Balaban J connectivity index is 2.71. The molecule has 0 aliphatic carbocycles. The maximum Gasteiger partial charge on any atom is 0.258 e. The van der Waals surface area contributed by atoms with Crippen molar-refractivity contribution >= 4 is 21.8 Å². The Morgan fingerprint density at radius 1 is 1.79 bits per heavy atom. The molecule has 78 valence electrons. The Hall–Kier alpha value is -0.840. The standard InChI is InChI=1S/C9H13BrN2O2/c1-6(10)5-12(3)9(13)8-4-11-14-7(8)2/h4,6H,5H2,1-3H3. The summed E-state index contributed by atoms with van der Waals surface area (Å²) in [5, 5.41) is 3.57. The minimum atomic E-state index is -0.0601. The Bertz CT molecular complexity index is 322. The molecule has 1 rings (SSSR count). The topological polar surface area (TPSA) is 46.3 Å². The van der Waals surface area contributed by atoms with Crippen molar-refractivity contribution in [2.75, 3.05) is 13.6 Å². The fourth-order valence-electron chi connectivity index (χ4n) is 1.17. The molecule has 1 unspecified atom stereocenters. The second-order valence-electron chi connectivity index (χ2n) is 3.26. The predicted octanol–water partition coefficient (Wildman–Crippen LogP) is 1.84. The van der Waals surface area contributed by atoms with Gasteiger partial charge in [0.2, 0.25) is 0 Å². The number of halogens is 1. The Morgan fingerprint density at radius 3 is 2.86 bits per heavy atom. The Kier molecular flexibility index (Phi) is 3.69. The summed E-state index contributed by atoms with van der Waals surface area (Å²) in [6.07, 6.45) is 1.45. The smallest absolute Gasteiger partial charge is 0.258 e. The molecule has 5 heteroatoms. The minimum absolute atomic E-state index is 0.0601. The highest BCUT2D eigenvalue weighted by molar-refractivity contribution is 9.09. The lowest BCUT2D eigenvalue weighted by atomic mass is 10.2. The van der Waals surface area contributed by atoms with E-state index in [1.807, 2.05) is 6.92 Å². The van der Waals surface area contributed by atoms with Gasteiger partial charge in [0.05, 0.1) is 6.20 Å². The quantitative estimate of drug-likeness (QED) is 0.780. The molecule has 1 aromatic heterocycles. The third-order valence-electron chi connectivity index (χ3n) is 1.85. The van der Waals surface area contributed by atoms with Gasteiger partial charge < -0.3 is 9.42 Å². The molecular weight excluding hydrogens is 248 g/mol. The maximum atomic E-state index is 11.8. The fourth-order valence-corrected chi connectivity index (χ4v) is 1.60. The van der Waals surface area contributed by atoms with Gasteiger partial charge in [0.25, 0.3) is 5.91 Å². The zero-order chi connectivity index (χ0) is 10.7. The Morgan fingerprint density at radius 2 is 2.43 bits per heavy atom. The van der Waals surface area contributed by atoms with Crippen molar-refractivity contribution in [3.8, 4) is 0 Å². The first kappa shape index (κ1) is 11.2. The summed E-state index contributed by atoms with van der Waals surface area (Å²) in [4.78, 5) is 13.7. The monoisotopic (exact) mass is 260 g/mol. The number of alkyl halides is 1. The molecule has 0 aliphatic heterocycles. The zero-order valence-corrected chi connectivity index (χ0v) is 10.0. The second-order valence-corrected chi connectivity index (χ2v) is 4.83. The van der Waals surface area contributed by atoms with Crippen molar-refractivity contribution in [3.63, 3.8) is 0 Å². The summed E-state index contributed by atoms with van der Waals surface area (Å²) in [5.74, 6) is 0.499. The number of aromatic nitrogens is 1. The van der Waals surface area contributed by atoms with Crippen molar-refractivity contribution in [3.05, 3.63) is 17.5 Å². The van der Waals surface area contributed by atoms with Gasteiger partial charge in [-0.05, 0) is 6.92 Å². The lowest BCUT2D eigenvalue weighted by molar-refractivity contribution is 0.0795. The number of carbonyl (C=O) groups is 1. The first-order chi connectivity index (χ1) is 6.52. The molecule has 1 atom stereocenters. The van der Waals surface area contributed by atoms with E-state index in [0.29, 0.717) is 17.9 Å². The van der Waals surface area contributed by atoms with E-state index in [1.165, 1.54) is 6.20 Å². The van der Waals surface area contributed by atoms with Gasteiger partial charge in [-0.2, -0.15) is 0 Å². The van der Waals surface area contributed by atoms with Gasteiger partial charge in [0.15, 0.2) is 0 Å². The van der Waals surface area contributed by atoms with E-state index in [0.717, 1.165) is 0 Å². The molecule has 0 aliphatic rings. The molecule has 0 bridgehead atoms. The lowest BCUT2D eigenvalue weighted by Crippen LogP contribution is -2.31. The molecule has 1 heterocycles. The highest BCUT2D eigenvalue weighted by atomic mass is 79.9. The first-order valence-corrected chi connectivity index (χ1v) is 5.24. The van der Waals surface area contributed by atoms with Crippen LogP contribution in [0, 0.1) is 6.92 Å². The van der Waals surface area contributed by atoms with E-state index in [4.69, 9.17) is 4.52 Å². The molecular formula is C9H13BrN2O2. The highest BCUT2D eigenvalue weighted by Crippen LogP contribution is 2.10. The summed E-state index contributed by atoms with van der Waals surface area (Å²) in [6, 6.07) is 0. The summed E-state index contributed by atoms with van der Waals surface area (Å²) >= 11 is 3.39. The molecule has 0 aromatic carbocycles. The van der Waals surface area contributed by atoms with Gasteiger partial charge in [0, 0.05) is 18.4 Å². The first-order valence-electron chi connectivity index (χ1n) is 4.33. The average Bonchev–Trinajstić information content (AvgIpc) is 2.48. The van der Waals surface area contributed by atoms with E-state index in [2.05, 4.69) is 21.1 Å². The van der Waals surface area contributed by atoms with Crippen LogP contribution in [0.1, 0.15) is 23.0 Å². The SMILES string of the molecule is Cc1oncc1C(=O)N(C)CC(C)Br. The van der Waals surface area contributed by atoms with Gasteiger partial charge in [-0.3, -0.25) is 4.79 Å². The van der Waals surface area contributed by atoms with Crippen LogP contribution < -0.4 is 0 Å². The molecule has 4 nitrogen and oxygen atoms in total. The minimum Gasteiger partial charge on any atom is -0.361 e. The van der Waals surface area contributed by atoms with Crippen LogP contribution >= 0.6 is 15.9 Å². The average molecular weight is 261 g/mol. The van der Waals surface area contributed by atoms with E-state index < -0.39 is 0 Å². The molecule has 1 aromatic rings. The van der Waals surface area contributed by atoms with Crippen LogP contribution in [0.2, 0.25) is 0 Å². The van der Waals surface area contributed by atoms with Gasteiger partial charge >= 0.3 is 0 Å². The third kappa shape index (κ3) is 2.57. The molecule has 1 amide bonds. The van der Waals surface area contributed by atoms with Gasteiger partial charge in [-0.25, -0.2) is 0 Å². The predicted molar refractivity (Wildman–Crippen MR) is 56.6 cm³/mol. The number of rotatable bonds is 3. The molecule has 0 fully saturated rings. The van der Waals surface area contributed by atoms with Gasteiger partial charge in [0.1, 0.15) is 11.3 Å². The number of hydrogen-bond donors (Lipinski definition) is 0. The molecule has 0 spiro atoms. The second kappa shape index (κ2) is 4.59. The largest absolute Gasteiger partial charge is 0.361 e. The summed E-state index contributed by atoms with van der Waals surface area (Å²) < 4.78 is 4.83. The van der Waals surface area contributed by atoms with Crippen molar-refractivity contribution in [2.45, 2.75) is 18.7 Å². The van der Waals surface area contributed by atoms with Gasteiger partial charge in [-0.1, -0.05) is 28.0 Å². The van der Waals surface area contributed by atoms with E-state index >= 15 is 0 Å². The Labute approximate surface area is 91.4 Å². The van der Waals surface area contributed by atoms with Crippen molar-refractivity contribution in [1.29, 1.82) is 0 Å². The van der Waals surface area contributed by atoms with Crippen molar-refractivity contribution in [1.82, 2.24) is 10.1 Å². The van der Waals surface area contributed by atoms with E-state index in [9.17, 15) is 4.79 Å². The summed E-state index contributed by atoms with van der Waals surface area (Å²) in [6.45, 7) is 4.37. The molecule has 0 radical (unpaired) electrons. The van der Waals surface area contributed by atoms with Gasteiger partial charge in [-0.15, -0.1) is 0 Å². The van der Waals surface area contributed by atoms with Crippen LogP contribution in [-0.2, 0) is 0 Å². The zero-order valence-electron chi connectivity index (χ0n) is 8.45. The van der Waals surface area contributed by atoms with Crippen LogP contribution in [0.25, 0.3) is 0 Å². The van der Waals surface area contributed by atoms with Crippen molar-refractivity contribution < 1.29 is 9.32 Å². The van der Waals surface area contributed by atoms with E-state index in [-0.39, 0.29) is 10.7 Å². The molecule has 0 saturated carbocycles. The van der Waals surface area contributed by atoms with Crippen LogP contribution in [0.5, 0.6) is 0 Å². The van der Waals surface area contributed by atoms with E-state index in [1.54, 1.807) is 18.9 Å².